The molecule has 6 aromatic rings. The summed E-state index contributed by atoms with van der Waals surface area (Å²) >= 11 is 8.89. The lowest BCUT2D eigenvalue weighted by Gasteiger charge is -2.09. The molecule has 222 valence electrons. The van der Waals surface area contributed by atoms with E-state index in [1.54, 1.807) is 7.05 Å². The first kappa shape index (κ1) is 30.6. The van der Waals surface area contributed by atoms with Gasteiger partial charge in [0.25, 0.3) is 0 Å². The van der Waals surface area contributed by atoms with Crippen molar-refractivity contribution in [3.63, 3.8) is 0 Å². The summed E-state index contributed by atoms with van der Waals surface area (Å²) < 4.78 is 75.8. The Balaban J connectivity index is 0.000000171. The Morgan fingerprint density at radius 1 is 0.628 bits per heavy atom. The van der Waals surface area contributed by atoms with Crippen molar-refractivity contribution in [2.45, 2.75) is 26.2 Å². The van der Waals surface area contributed by atoms with Crippen LogP contribution in [0.15, 0.2) is 60.7 Å². The van der Waals surface area contributed by atoms with Crippen LogP contribution in [0.2, 0.25) is 5.28 Å². The van der Waals surface area contributed by atoms with Gasteiger partial charge in [0.15, 0.2) is 0 Å². The molecule has 6 rings (SSSR count). The lowest BCUT2D eigenvalue weighted by molar-refractivity contribution is -0.138. The zero-order valence-electron chi connectivity index (χ0n) is 22.5. The Bertz CT molecular complexity index is 1910. The summed E-state index contributed by atoms with van der Waals surface area (Å²) in [5.74, 6) is 0.448. The maximum atomic E-state index is 12.7. The van der Waals surface area contributed by atoms with E-state index in [2.05, 4.69) is 25.3 Å². The van der Waals surface area contributed by atoms with Crippen LogP contribution in [0.1, 0.15) is 20.9 Å². The Morgan fingerprint density at radius 2 is 1.05 bits per heavy atom. The zero-order chi connectivity index (χ0) is 31.1. The van der Waals surface area contributed by atoms with Crippen molar-refractivity contribution in [1.82, 2.24) is 19.9 Å². The second kappa shape index (κ2) is 11.7. The van der Waals surface area contributed by atoms with E-state index in [1.807, 2.05) is 26.0 Å². The van der Waals surface area contributed by atoms with E-state index in [4.69, 9.17) is 11.6 Å². The fourth-order valence-electron chi connectivity index (χ4n) is 4.24. The van der Waals surface area contributed by atoms with Gasteiger partial charge in [-0.1, -0.05) is 24.3 Å². The van der Waals surface area contributed by atoms with Crippen LogP contribution >= 0.6 is 34.3 Å². The summed E-state index contributed by atoms with van der Waals surface area (Å²) in [4.78, 5) is 20.7. The average Bonchev–Trinajstić information content (AvgIpc) is 3.52. The highest BCUT2D eigenvalue weighted by atomic mass is 35.5. The van der Waals surface area contributed by atoms with Crippen molar-refractivity contribution in [2.24, 2.45) is 0 Å². The standard InChI is InChI=1S/C15H12F3N3S.C14H8ClF3N2S/c1-8-7-11-12(20-14(19-2)21-13(11)22-8)9-3-5-10(6-4-9)15(16,17)18;1-7-6-10-11(19-13(15)20-12(10)21-7)8-2-4-9(5-3-8)14(16,17)18/h3-7H,1-2H3,(H,19,20,21);2-6H,1H3. The van der Waals surface area contributed by atoms with Crippen LogP contribution in [-0.2, 0) is 12.4 Å². The number of hydrogen-bond acceptors (Lipinski definition) is 7. The van der Waals surface area contributed by atoms with Crippen LogP contribution in [0.4, 0.5) is 32.3 Å². The third-order valence-corrected chi connectivity index (χ3v) is 8.26. The van der Waals surface area contributed by atoms with Crippen LogP contribution in [-0.4, -0.2) is 27.0 Å². The van der Waals surface area contributed by atoms with Crippen LogP contribution in [0, 0.1) is 13.8 Å². The molecule has 0 aliphatic rings. The van der Waals surface area contributed by atoms with Gasteiger partial charge in [-0.2, -0.15) is 26.3 Å². The van der Waals surface area contributed by atoms with Crippen LogP contribution in [0.5, 0.6) is 0 Å². The van der Waals surface area contributed by atoms with E-state index in [9.17, 15) is 26.3 Å². The molecule has 0 spiro atoms. The van der Waals surface area contributed by atoms with Crippen molar-refractivity contribution in [2.75, 3.05) is 12.4 Å². The minimum Gasteiger partial charge on any atom is -0.357 e. The van der Waals surface area contributed by atoms with Crippen molar-refractivity contribution in [1.29, 1.82) is 0 Å². The number of anilines is 1. The number of aromatic nitrogens is 4. The fourth-order valence-corrected chi connectivity index (χ4v) is 6.22. The lowest BCUT2D eigenvalue weighted by atomic mass is 10.1. The SMILES string of the molecule is CNc1nc(-c2ccc(C(F)(F)F)cc2)c2cc(C)sc2n1.Cc1cc2c(-c3ccc(C(F)(F)F)cc3)nc(Cl)nc2s1. The maximum absolute atomic E-state index is 12.7. The monoisotopic (exact) mass is 651 g/mol. The molecule has 0 aliphatic carbocycles. The molecule has 0 bridgehead atoms. The highest BCUT2D eigenvalue weighted by Crippen LogP contribution is 2.36. The molecule has 0 unspecified atom stereocenters. The molecule has 2 aromatic carbocycles. The van der Waals surface area contributed by atoms with Gasteiger partial charge in [-0.3, -0.25) is 0 Å². The van der Waals surface area contributed by atoms with Crippen molar-refractivity contribution >= 4 is 60.7 Å². The number of alkyl halides is 6. The molecule has 0 saturated heterocycles. The Morgan fingerprint density at radius 3 is 1.47 bits per heavy atom. The van der Waals surface area contributed by atoms with E-state index in [1.165, 1.54) is 46.9 Å². The number of fused-ring (bicyclic) bond motifs is 2. The van der Waals surface area contributed by atoms with Crippen molar-refractivity contribution in [3.05, 3.63) is 86.8 Å². The van der Waals surface area contributed by atoms with Crippen molar-refractivity contribution < 1.29 is 26.3 Å². The first-order valence-corrected chi connectivity index (χ1v) is 14.5. The smallest absolute Gasteiger partial charge is 0.357 e. The molecule has 0 fully saturated rings. The Kier molecular flexibility index (Phi) is 8.34. The fraction of sp³-hybridized carbons (Fsp3) is 0.172. The van der Waals surface area contributed by atoms with E-state index in [-0.39, 0.29) is 5.28 Å². The number of rotatable bonds is 3. The van der Waals surface area contributed by atoms with E-state index in [0.29, 0.717) is 28.5 Å². The number of aryl methyl sites for hydroxylation is 2. The molecule has 5 nitrogen and oxygen atoms in total. The van der Waals surface area contributed by atoms with E-state index >= 15 is 0 Å². The summed E-state index contributed by atoms with van der Waals surface area (Å²) in [5, 5.41) is 4.60. The quantitative estimate of drug-likeness (QED) is 0.152. The predicted molar refractivity (Wildman–Crippen MR) is 160 cm³/mol. The third kappa shape index (κ3) is 6.73. The number of hydrogen-bond donors (Lipinski definition) is 1. The van der Waals surface area contributed by atoms with Gasteiger partial charge in [0.1, 0.15) is 9.66 Å². The second-order valence-electron chi connectivity index (χ2n) is 9.29. The highest BCUT2D eigenvalue weighted by molar-refractivity contribution is 7.19. The number of halogens is 7. The Hall–Kier alpha value is -3.81. The highest BCUT2D eigenvalue weighted by Gasteiger charge is 2.31. The molecule has 0 amide bonds. The van der Waals surface area contributed by atoms with Gasteiger partial charge in [0.2, 0.25) is 11.2 Å². The second-order valence-corrected chi connectivity index (χ2v) is 12.1. The number of nitrogens with zero attached hydrogens (tertiary/aromatic N) is 4. The molecule has 14 heteroatoms. The van der Waals surface area contributed by atoms with Crippen LogP contribution < -0.4 is 5.32 Å². The summed E-state index contributed by atoms with van der Waals surface area (Å²) in [7, 11) is 1.71. The first-order chi connectivity index (χ1) is 20.2. The van der Waals surface area contributed by atoms with E-state index < -0.39 is 23.5 Å². The first-order valence-electron chi connectivity index (χ1n) is 12.5. The van der Waals surface area contributed by atoms with Gasteiger partial charge >= 0.3 is 12.4 Å². The average molecular weight is 652 g/mol. The molecule has 0 atom stereocenters. The van der Waals surface area contributed by atoms with Gasteiger partial charge in [0.05, 0.1) is 22.5 Å². The number of thiophene rings is 2. The molecular formula is C29H20ClF6N5S2. The molecule has 0 saturated carbocycles. The van der Waals surface area contributed by atoms with Gasteiger partial charge in [-0.25, -0.2) is 19.9 Å². The van der Waals surface area contributed by atoms with Gasteiger partial charge in [0, 0.05) is 38.7 Å². The molecule has 4 heterocycles. The molecule has 0 radical (unpaired) electrons. The molecule has 4 aromatic heterocycles. The molecule has 0 aliphatic heterocycles. The minimum atomic E-state index is -4.35. The van der Waals surface area contributed by atoms with Crippen molar-refractivity contribution in [3.8, 4) is 22.5 Å². The molecule has 43 heavy (non-hydrogen) atoms. The van der Waals surface area contributed by atoms with E-state index in [0.717, 1.165) is 54.5 Å². The predicted octanol–water partition coefficient (Wildman–Crippen LogP) is 10.1. The van der Waals surface area contributed by atoms with Gasteiger partial charge in [-0.15, -0.1) is 22.7 Å². The topological polar surface area (TPSA) is 63.6 Å². The summed E-state index contributed by atoms with van der Waals surface area (Å²) in [6.07, 6.45) is -8.69. The van der Waals surface area contributed by atoms with Crippen LogP contribution in [0.3, 0.4) is 0 Å². The lowest BCUT2D eigenvalue weighted by Crippen LogP contribution is -2.04. The summed E-state index contributed by atoms with van der Waals surface area (Å²) in [5.41, 5.74) is 1.03. The third-order valence-electron chi connectivity index (χ3n) is 6.20. The van der Waals surface area contributed by atoms with Crippen LogP contribution in [0.25, 0.3) is 42.9 Å². The maximum Gasteiger partial charge on any atom is 0.416 e. The summed E-state index contributed by atoms with van der Waals surface area (Å²) in [6.45, 7) is 3.89. The molecular weight excluding hydrogens is 632 g/mol. The summed E-state index contributed by atoms with van der Waals surface area (Å²) in [6, 6.07) is 13.8. The normalized spacial score (nSPS) is 12.0. The van der Waals surface area contributed by atoms with Gasteiger partial charge < -0.3 is 5.32 Å². The van der Waals surface area contributed by atoms with Gasteiger partial charge in [-0.05, 0) is 61.8 Å². The largest absolute Gasteiger partial charge is 0.416 e. The zero-order valence-corrected chi connectivity index (χ0v) is 24.9. The number of nitrogens with one attached hydrogen (secondary N) is 1. The molecule has 1 N–H and O–H groups in total. The number of benzene rings is 2. The minimum absolute atomic E-state index is 0.0826. The Labute approximate surface area is 254 Å².